The van der Waals surface area contributed by atoms with Crippen LogP contribution in [0.3, 0.4) is 0 Å². The van der Waals surface area contributed by atoms with Gasteiger partial charge in [-0.25, -0.2) is 0 Å². The zero-order valence-electron chi connectivity index (χ0n) is 11.9. The molecule has 1 saturated heterocycles. The molecule has 3 rings (SSSR count). The fraction of sp³-hybridized carbons (Fsp3) is 0.375. The Morgan fingerprint density at radius 3 is 2.68 bits per heavy atom. The molecule has 0 spiro atoms. The van der Waals surface area contributed by atoms with Crippen molar-refractivity contribution in [3.63, 3.8) is 0 Å². The molecule has 1 heterocycles. The van der Waals surface area contributed by atoms with Crippen molar-refractivity contribution in [3.05, 3.63) is 33.7 Å². The van der Waals surface area contributed by atoms with E-state index in [1.807, 2.05) is 12.1 Å². The molecule has 2 aliphatic rings. The largest absolute Gasteiger partial charge is 0.489 e. The van der Waals surface area contributed by atoms with Gasteiger partial charge in [-0.05, 0) is 55.2 Å². The summed E-state index contributed by atoms with van der Waals surface area (Å²) < 4.78 is 6.00. The number of nitrogens with one attached hydrogen (secondary N) is 1. The predicted octanol–water partition coefficient (Wildman–Crippen LogP) is 4.38. The molecule has 0 aromatic heterocycles. The number of thioether (sulfide) groups is 1. The molecule has 0 bridgehead atoms. The van der Waals surface area contributed by atoms with Gasteiger partial charge >= 0.3 is 0 Å². The zero-order chi connectivity index (χ0) is 15.5. The Morgan fingerprint density at radius 1 is 1.23 bits per heavy atom. The lowest BCUT2D eigenvalue weighted by atomic mass is 9.98. The van der Waals surface area contributed by atoms with Crippen LogP contribution < -0.4 is 10.1 Å². The lowest BCUT2D eigenvalue weighted by molar-refractivity contribution is -0.115. The van der Waals surface area contributed by atoms with Crippen molar-refractivity contribution in [3.8, 4) is 5.75 Å². The predicted molar refractivity (Wildman–Crippen MR) is 88.1 cm³/mol. The second kappa shape index (κ2) is 6.75. The summed E-state index contributed by atoms with van der Waals surface area (Å²) in [6.07, 6.45) is 7.57. The van der Waals surface area contributed by atoms with E-state index in [-0.39, 0.29) is 17.3 Å². The number of halogens is 1. The molecule has 2 fully saturated rings. The standard InChI is InChI=1S/C16H16ClNO3S/c17-14-10(9-13-15(19)18-16(20)22-13)5-4-8-12(14)21-11-6-2-1-3-7-11/h4-5,8-9,11H,1-3,6-7H2,(H,18,19,20)/b13-9+. The van der Waals surface area contributed by atoms with Crippen LogP contribution in [0.25, 0.3) is 6.08 Å². The van der Waals surface area contributed by atoms with Gasteiger partial charge in [0.2, 0.25) is 0 Å². The van der Waals surface area contributed by atoms with Crippen LogP contribution in [0.15, 0.2) is 23.1 Å². The van der Waals surface area contributed by atoms with E-state index >= 15 is 0 Å². The first kappa shape index (κ1) is 15.4. The quantitative estimate of drug-likeness (QED) is 0.832. The Labute approximate surface area is 138 Å². The van der Waals surface area contributed by atoms with Gasteiger partial charge in [-0.2, -0.15) is 0 Å². The van der Waals surface area contributed by atoms with Crippen LogP contribution in [-0.2, 0) is 4.79 Å². The maximum Gasteiger partial charge on any atom is 0.290 e. The lowest BCUT2D eigenvalue weighted by Gasteiger charge is -2.23. The fourth-order valence-corrected chi connectivity index (χ4v) is 3.55. The summed E-state index contributed by atoms with van der Waals surface area (Å²) in [7, 11) is 0. The van der Waals surface area contributed by atoms with E-state index in [2.05, 4.69) is 5.32 Å². The molecular weight excluding hydrogens is 322 g/mol. The topological polar surface area (TPSA) is 55.4 Å². The van der Waals surface area contributed by atoms with Gasteiger partial charge < -0.3 is 4.74 Å². The van der Waals surface area contributed by atoms with Gasteiger partial charge in [-0.15, -0.1) is 0 Å². The highest BCUT2D eigenvalue weighted by atomic mass is 35.5. The molecule has 0 atom stereocenters. The minimum atomic E-state index is -0.385. The lowest BCUT2D eigenvalue weighted by Crippen LogP contribution is -2.19. The fourth-order valence-electron chi connectivity index (χ4n) is 2.66. The summed E-state index contributed by atoms with van der Waals surface area (Å²) in [6, 6.07) is 5.49. The average molecular weight is 338 g/mol. The highest BCUT2D eigenvalue weighted by molar-refractivity contribution is 8.18. The van der Waals surface area contributed by atoms with Gasteiger partial charge in [-0.3, -0.25) is 14.9 Å². The van der Waals surface area contributed by atoms with E-state index in [1.54, 1.807) is 12.1 Å². The first-order valence-electron chi connectivity index (χ1n) is 7.33. The third-order valence-corrected chi connectivity index (χ3v) is 4.98. The van der Waals surface area contributed by atoms with Crippen molar-refractivity contribution in [2.45, 2.75) is 38.2 Å². The summed E-state index contributed by atoms with van der Waals surface area (Å²) in [4.78, 5) is 23.2. The normalized spacial score (nSPS) is 21.2. The van der Waals surface area contributed by atoms with Crippen LogP contribution in [0.5, 0.6) is 5.75 Å². The molecule has 1 aromatic rings. The molecule has 1 aromatic carbocycles. The van der Waals surface area contributed by atoms with Gasteiger partial charge in [0.15, 0.2) is 0 Å². The van der Waals surface area contributed by atoms with Crippen molar-refractivity contribution in [2.24, 2.45) is 0 Å². The highest BCUT2D eigenvalue weighted by Crippen LogP contribution is 2.34. The third-order valence-electron chi connectivity index (χ3n) is 3.77. The van der Waals surface area contributed by atoms with Crippen LogP contribution in [0.2, 0.25) is 5.02 Å². The molecule has 1 aliphatic carbocycles. The molecule has 1 saturated carbocycles. The monoisotopic (exact) mass is 337 g/mol. The van der Waals surface area contributed by atoms with Crippen LogP contribution in [0.1, 0.15) is 37.7 Å². The highest BCUT2D eigenvalue weighted by Gasteiger charge is 2.25. The Balaban J connectivity index is 1.81. The van der Waals surface area contributed by atoms with E-state index in [9.17, 15) is 9.59 Å². The Kier molecular flexibility index (Phi) is 4.74. The average Bonchev–Trinajstić information content (AvgIpc) is 2.82. The molecule has 4 nitrogen and oxygen atoms in total. The van der Waals surface area contributed by atoms with Gasteiger partial charge in [0.05, 0.1) is 16.0 Å². The van der Waals surface area contributed by atoms with Crippen molar-refractivity contribution in [1.82, 2.24) is 5.32 Å². The first-order valence-corrected chi connectivity index (χ1v) is 8.53. The van der Waals surface area contributed by atoms with Crippen molar-refractivity contribution >= 4 is 40.6 Å². The molecule has 1 N–H and O–H groups in total. The molecule has 1 aliphatic heterocycles. The minimum Gasteiger partial charge on any atom is -0.489 e. The molecule has 6 heteroatoms. The molecule has 0 unspecified atom stereocenters. The van der Waals surface area contributed by atoms with Gasteiger partial charge in [0, 0.05) is 0 Å². The number of amides is 2. The SMILES string of the molecule is O=C1NC(=O)/C(=C\c2cccc(OC3CCCCC3)c2Cl)S1. The number of rotatable bonds is 3. The Morgan fingerprint density at radius 2 is 2.00 bits per heavy atom. The molecule has 116 valence electrons. The number of imide groups is 1. The Bertz CT molecular complexity index is 638. The van der Waals surface area contributed by atoms with Crippen LogP contribution in [0, 0.1) is 0 Å². The molecule has 0 radical (unpaired) electrons. The van der Waals surface area contributed by atoms with E-state index in [1.165, 1.54) is 19.3 Å². The molecule has 22 heavy (non-hydrogen) atoms. The maximum atomic E-state index is 11.6. The van der Waals surface area contributed by atoms with Crippen molar-refractivity contribution < 1.29 is 14.3 Å². The number of hydrogen-bond acceptors (Lipinski definition) is 4. The first-order chi connectivity index (χ1) is 10.6. The zero-order valence-corrected chi connectivity index (χ0v) is 13.5. The maximum absolute atomic E-state index is 11.6. The van der Waals surface area contributed by atoms with E-state index in [4.69, 9.17) is 16.3 Å². The van der Waals surface area contributed by atoms with Crippen LogP contribution in [-0.4, -0.2) is 17.3 Å². The Hall–Kier alpha value is -1.46. The van der Waals surface area contributed by atoms with Crippen LogP contribution in [0.4, 0.5) is 4.79 Å². The second-order valence-corrected chi connectivity index (χ2v) is 6.78. The smallest absolute Gasteiger partial charge is 0.290 e. The number of ether oxygens (including phenoxy) is 1. The number of hydrogen-bond donors (Lipinski definition) is 1. The van der Waals surface area contributed by atoms with E-state index < -0.39 is 0 Å². The van der Waals surface area contributed by atoms with E-state index in [0.29, 0.717) is 21.2 Å². The number of benzene rings is 1. The summed E-state index contributed by atoms with van der Waals surface area (Å²) in [5.74, 6) is 0.252. The summed E-state index contributed by atoms with van der Waals surface area (Å²) in [5.41, 5.74) is 0.683. The summed E-state index contributed by atoms with van der Waals surface area (Å²) in [6.45, 7) is 0. The van der Waals surface area contributed by atoms with Crippen LogP contribution >= 0.6 is 23.4 Å². The van der Waals surface area contributed by atoms with Gasteiger partial charge in [0.25, 0.3) is 11.1 Å². The molecular formula is C16H16ClNO3S. The van der Waals surface area contributed by atoms with Gasteiger partial charge in [0.1, 0.15) is 5.75 Å². The number of carbonyl (C=O) groups excluding carboxylic acids is 2. The van der Waals surface area contributed by atoms with Crippen molar-refractivity contribution in [2.75, 3.05) is 0 Å². The third kappa shape index (κ3) is 3.47. The van der Waals surface area contributed by atoms with E-state index in [0.717, 1.165) is 24.6 Å². The second-order valence-electron chi connectivity index (χ2n) is 5.39. The summed E-state index contributed by atoms with van der Waals surface area (Å²) >= 11 is 7.28. The summed E-state index contributed by atoms with van der Waals surface area (Å²) in [5, 5.41) is 2.35. The van der Waals surface area contributed by atoms with Crippen molar-refractivity contribution in [1.29, 1.82) is 0 Å². The number of carbonyl (C=O) groups is 2. The minimum absolute atomic E-state index is 0.208. The molecule has 2 amide bonds. The van der Waals surface area contributed by atoms with Gasteiger partial charge in [-0.1, -0.05) is 30.2 Å².